The molecule has 29 heavy (non-hydrogen) atoms. The van der Waals surface area contributed by atoms with Gasteiger partial charge in [-0.25, -0.2) is 9.97 Å². The maximum atomic E-state index is 12.3. The Hall–Kier alpha value is -3.09. The van der Waals surface area contributed by atoms with E-state index in [1.165, 1.54) is 0 Å². The fourth-order valence-electron chi connectivity index (χ4n) is 3.77. The van der Waals surface area contributed by atoms with E-state index < -0.39 is 0 Å². The van der Waals surface area contributed by atoms with Crippen molar-refractivity contribution in [1.29, 1.82) is 0 Å². The number of carbonyl (C=O) groups excluding carboxylic acids is 1. The molecular weight excluding hydrogens is 366 g/mol. The van der Waals surface area contributed by atoms with Gasteiger partial charge >= 0.3 is 0 Å². The lowest BCUT2D eigenvalue weighted by molar-refractivity contribution is -0.135. The Bertz CT molecular complexity index is 991. The van der Waals surface area contributed by atoms with Gasteiger partial charge in [-0.3, -0.25) is 9.78 Å². The summed E-state index contributed by atoms with van der Waals surface area (Å²) in [5, 5.41) is 4.02. The average Bonchev–Trinajstić information content (AvgIpc) is 3.19. The van der Waals surface area contributed by atoms with Crippen molar-refractivity contribution < 1.29 is 9.32 Å². The molecule has 1 aliphatic heterocycles. The molecule has 0 radical (unpaired) electrons. The first-order chi connectivity index (χ1) is 14.0. The van der Waals surface area contributed by atoms with E-state index in [9.17, 15) is 4.79 Å². The number of carbonyl (C=O) groups is 1. The van der Waals surface area contributed by atoms with Gasteiger partial charge in [0, 0.05) is 55.1 Å². The number of amides is 1. The number of aromatic nitrogens is 4. The van der Waals surface area contributed by atoms with Gasteiger partial charge in [-0.15, -0.1) is 0 Å². The molecule has 1 saturated heterocycles. The molecule has 4 heterocycles. The Kier molecular flexibility index (Phi) is 5.38. The molecule has 7 nitrogen and oxygen atoms in total. The highest BCUT2D eigenvalue weighted by atomic mass is 16.5. The molecule has 0 N–H and O–H groups in total. The molecule has 0 aliphatic carbocycles. The van der Waals surface area contributed by atoms with E-state index >= 15 is 0 Å². The summed E-state index contributed by atoms with van der Waals surface area (Å²) in [6, 6.07) is 5.72. The van der Waals surface area contributed by atoms with Gasteiger partial charge in [0.15, 0.2) is 11.6 Å². The van der Waals surface area contributed by atoms with Gasteiger partial charge in [-0.2, -0.15) is 0 Å². The molecule has 1 fully saturated rings. The Morgan fingerprint density at radius 2 is 1.93 bits per heavy atom. The van der Waals surface area contributed by atoms with Crippen molar-refractivity contribution in [3.63, 3.8) is 0 Å². The number of piperidine rings is 1. The zero-order valence-corrected chi connectivity index (χ0v) is 17.0. The number of nitrogens with zero attached hydrogens (tertiary/aromatic N) is 5. The van der Waals surface area contributed by atoms with Gasteiger partial charge in [0.05, 0.1) is 17.0 Å². The molecule has 0 unspecified atom stereocenters. The van der Waals surface area contributed by atoms with Crippen LogP contribution in [-0.4, -0.2) is 44.0 Å². The summed E-state index contributed by atoms with van der Waals surface area (Å²) in [5.41, 5.74) is 3.58. The Morgan fingerprint density at radius 3 is 2.55 bits per heavy atom. The van der Waals surface area contributed by atoms with Crippen molar-refractivity contribution in [1.82, 2.24) is 25.0 Å². The van der Waals surface area contributed by atoms with Crippen LogP contribution >= 0.6 is 0 Å². The molecule has 4 rings (SSSR count). The van der Waals surface area contributed by atoms with E-state index in [1.807, 2.05) is 50.1 Å². The summed E-state index contributed by atoms with van der Waals surface area (Å²) in [6.45, 7) is 7.28. The van der Waals surface area contributed by atoms with E-state index in [1.54, 1.807) is 12.4 Å². The van der Waals surface area contributed by atoms with Crippen LogP contribution in [0.15, 0.2) is 41.3 Å². The lowest BCUT2D eigenvalue weighted by Gasteiger charge is -2.33. The Balaban J connectivity index is 1.67. The maximum Gasteiger partial charge on any atom is 0.225 e. The van der Waals surface area contributed by atoms with Crippen LogP contribution in [0, 0.1) is 12.8 Å². The smallest absolute Gasteiger partial charge is 0.225 e. The quantitative estimate of drug-likeness (QED) is 0.671. The molecular formula is C22H25N5O2. The van der Waals surface area contributed by atoms with Crippen LogP contribution < -0.4 is 0 Å². The second kappa shape index (κ2) is 8.11. The number of hydrogen-bond donors (Lipinski definition) is 0. The topological polar surface area (TPSA) is 85.0 Å². The maximum absolute atomic E-state index is 12.3. The molecule has 0 spiro atoms. The van der Waals surface area contributed by atoms with Gasteiger partial charge in [0.1, 0.15) is 0 Å². The van der Waals surface area contributed by atoms with Crippen LogP contribution in [0.5, 0.6) is 0 Å². The predicted octanol–water partition coefficient (Wildman–Crippen LogP) is 3.86. The van der Waals surface area contributed by atoms with Crippen LogP contribution in [0.4, 0.5) is 0 Å². The molecule has 150 valence electrons. The first-order valence-electron chi connectivity index (χ1n) is 10.0. The molecule has 0 saturated carbocycles. The standard InChI is InChI=1S/C22H25N5O2/c1-14(2)22(28)27-10-6-16(7-11-27)20-18(19-12-15(3)26-29-19)13-24-21(25-20)17-4-8-23-9-5-17/h4-5,8-9,12-14,16H,6-7,10-11H2,1-3H3. The molecule has 1 amide bonds. The summed E-state index contributed by atoms with van der Waals surface area (Å²) >= 11 is 0. The van der Waals surface area contributed by atoms with Crippen molar-refractivity contribution in [2.45, 2.75) is 39.5 Å². The molecule has 3 aromatic heterocycles. The second-order valence-corrected chi connectivity index (χ2v) is 7.82. The largest absolute Gasteiger partial charge is 0.356 e. The second-order valence-electron chi connectivity index (χ2n) is 7.82. The SMILES string of the molecule is Cc1cc(-c2cnc(-c3ccncc3)nc2C2CCN(C(=O)C(C)C)CC2)on1. The molecule has 1 aliphatic rings. The van der Waals surface area contributed by atoms with E-state index in [4.69, 9.17) is 9.51 Å². The first-order valence-corrected chi connectivity index (χ1v) is 10.0. The van der Waals surface area contributed by atoms with Crippen molar-refractivity contribution in [3.8, 4) is 22.7 Å². The molecule has 7 heteroatoms. The monoisotopic (exact) mass is 391 g/mol. The minimum absolute atomic E-state index is 0.0247. The third-order valence-electron chi connectivity index (χ3n) is 5.34. The summed E-state index contributed by atoms with van der Waals surface area (Å²) in [4.78, 5) is 27.9. The highest BCUT2D eigenvalue weighted by molar-refractivity contribution is 5.78. The van der Waals surface area contributed by atoms with Crippen LogP contribution in [0.3, 0.4) is 0 Å². The third-order valence-corrected chi connectivity index (χ3v) is 5.34. The molecule has 0 bridgehead atoms. The summed E-state index contributed by atoms with van der Waals surface area (Å²) in [6.07, 6.45) is 7.03. The average molecular weight is 391 g/mol. The highest BCUT2D eigenvalue weighted by Crippen LogP contribution is 2.35. The van der Waals surface area contributed by atoms with E-state index in [0.29, 0.717) is 11.6 Å². The fraction of sp³-hybridized carbons (Fsp3) is 0.409. The zero-order chi connectivity index (χ0) is 20.4. The minimum atomic E-state index is 0.0247. The van der Waals surface area contributed by atoms with Crippen molar-refractivity contribution >= 4 is 5.91 Å². The Morgan fingerprint density at radius 1 is 1.21 bits per heavy atom. The molecule has 0 atom stereocenters. The van der Waals surface area contributed by atoms with Crippen molar-refractivity contribution in [2.75, 3.05) is 13.1 Å². The van der Waals surface area contributed by atoms with Gasteiger partial charge in [0.2, 0.25) is 5.91 Å². The molecule has 3 aromatic rings. The van der Waals surface area contributed by atoms with Crippen molar-refractivity contribution in [2.24, 2.45) is 5.92 Å². The van der Waals surface area contributed by atoms with Crippen LogP contribution in [0.1, 0.15) is 44.0 Å². The predicted molar refractivity (Wildman–Crippen MR) is 109 cm³/mol. The van der Waals surface area contributed by atoms with Crippen molar-refractivity contribution in [3.05, 3.63) is 48.2 Å². The minimum Gasteiger partial charge on any atom is -0.356 e. The van der Waals surface area contributed by atoms with Gasteiger partial charge in [-0.1, -0.05) is 19.0 Å². The number of pyridine rings is 1. The molecule has 0 aromatic carbocycles. The van der Waals surface area contributed by atoms with Crippen LogP contribution in [-0.2, 0) is 4.79 Å². The third kappa shape index (κ3) is 4.04. The van der Waals surface area contributed by atoms with Crippen LogP contribution in [0.25, 0.3) is 22.7 Å². The number of hydrogen-bond acceptors (Lipinski definition) is 6. The summed E-state index contributed by atoms with van der Waals surface area (Å²) in [5.74, 6) is 1.82. The summed E-state index contributed by atoms with van der Waals surface area (Å²) in [7, 11) is 0. The lowest BCUT2D eigenvalue weighted by atomic mass is 9.89. The van der Waals surface area contributed by atoms with E-state index in [-0.39, 0.29) is 17.7 Å². The number of aryl methyl sites for hydroxylation is 1. The first kappa shape index (κ1) is 19.2. The Labute approximate surface area is 170 Å². The highest BCUT2D eigenvalue weighted by Gasteiger charge is 2.29. The van der Waals surface area contributed by atoms with Gasteiger partial charge < -0.3 is 9.42 Å². The zero-order valence-electron chi connectivity index (χ0n) is 17.0. The van der Waals surface area contributed by atoms with Gasteiger partial charge in [0.25, 0.3) is 0 Å². The van der Waals surface area contributed by atoms with Crippen LogP contribution in [0.2, 0.25) is 0 Å². The lowest BCUT2D eigenvalue weighted by Crippen LogP contribution is -2.40. The van der Waals surface area contributed by atoms with E-state index in [2.05, 4.69) is 15.1 Å². The fourth-order valence-corrected chi connectivity index (χ4v) is 3.77. The number of likely N-dealkylation sites (tertiary alicyclic amines) is 1. The normalized spacial score (nSPS) is 15.1. The van der Waals surface area contributed by atoms with Gasteiger partial charge in [-0.05, 0) is 31.9 Å². The van der Waals surface area contributed by atoms with E-state index in [0.717, 1.165) is 48.4 Å². The summed E-state index contributed by atoms with van der Waals surface area (Å²) < 4.78 is 5.51. The number of rotatable bonds is 4.